The molecule has 3 rings (SSSR count). The Bertz CT molecular complexity index is 700. The van der Waals surface area contributed by atoms with E-state index in [1.165, 1.54) is 24.1 Å². The second-order valence-electron chi connectivity index (χ2n) is 6.80. The molecule has 0 saturated carbocycles. The third-order valence-electron chi connectivity index (χ3n) is 5.00. The lowest BCUT2D eigenvalue weighted by Crippen LogP contribution is -2.27. The van der Waals surface area contributed by atoms with E-state index in [4.69, 9.17) is 9.47 Å². The SMILES string of the molecule is CCCN(CC)CCc1ccc2c(c1)NC(c1ccc(OC)cc1)CO2. The van der Waals surface area contributed by atoms with Gasteiger partial charge in [0.15, 0.2) is 0 Å². The topological polar surface area (TPSA) is 33.7 Å². The standard InChI is InChI=1S/C22H30N2O2/c1-4-13-24(5-2)14-12-17-6-11-22-20(15-17)23-21(16-26-22)18-7-9-19(25-3)10-8-18/h6-11,15,21,23H,4-5,12-14,16H2,1-3H3. The van der Waals surface area contributed by atoms with Crippen LogP contribution in [-0.2, 0) is 6.42 Å². The van der Waals surface area contributed by atoms with Crippen LogP contribution >= 0.6 is 0 Å². The summed E-state index contributed by atoms with van der Waals surface area (Å²) < 4.78 is 11.2. The van der Waals surface area contributed by atoms with Gasteiger partial charge in [0.2, 0.25) is 0 Å². The maximum atomic E-state index is 5.98. The van der Waals surface area contributed by atoms with Crippen molar-refractivity contribution < 1.29 is 9.47 Å². The molecule has 4 nitrogen and oxygen atoms in total. The number of hydrogen-bond donors (Lipinski definition) is 1. The zero-order valence-electron chi connectivity index (χ0n) is 16.1. The number of methoxy groups -OCH3 is 1. The van der Waals surface area contributed by atoms with E-state index in [0.717, 1.165) is 36.7 Å². The van der Waals surface area contributed by atoms with E-state index >= 15 is 0 Å². The fourth-order valence-electron chi connectivity index (χ4n) is 3.42. The molecule has 0 radical (unpaired) electrons. The highest BCUT2D eigenvalue weighted by Crippen LogP contribution is 2.35. The van der Waals surface area contributed by atoms with Gasteiger partial charge >= 0.3 is 0 Å². The molecular weight excluding hydrogens is 324 g/mol. The summed E-state index contributed by atoms with van der Waals surface area (Å²) in [6.45, 7) is 8.49. The molecule has 0 aliphatic carbocycles. The summed E-state index contributed by atoms with van der Waals surface area (Å²) in [6.07, 6.45) is 2.27. The van der Waals surface area contributed by atoms with Crippen LogP contribution in [0.2, 0.25) is 0 Å². The third-order valence-corrected chi connectivity index (χ3v) is 5.00. The van der Waals surface area contributed by atoms with Crippen LogP contribution in [-0.4, -0.2) is 38.3 Å². The molecule has 0 aromatic heterocycles. The van der Waals surface area contributed by atoms with E-state index in [9.17, 15) is 0 Å². The van der Waals surface area contributed by atoms with Crippen molar-refractivity contribution in [2.45, 2.75) is 32.7 Å². The quantitative estimate of drug-likeness (QED) is 0.756. The number of benzene rings is 2. The monoisotopic (exact) mass is 354 g/mol. The van der Waals surface area contributed by atoms with Crippen LogP contribution in [0.3, 0.4) is 0 Å². The minimum Gasteiger partial charge on any atom is -0.497 e. The molecule has 1 unspecified atom stereocenters. The number of fused-ring (bicyclic) bond motifs is 1. The Morgan fingerprint density at radius 1 is 1.12 bits per heavy atom. The number of hydrogen-bond acceptors (Lipinski definition) is 4. The summed E-state index contributed by atoms with van der Waals surface area (Å²) in [6, 6.07) is 14.9. The highest BCUT2D eigenvalue weighted by molar-refractivity contribution is 5.61. The molecule has 1 atom stereocenters. The van der Waals surface area contributed by atoms with Gasteiger partial charge in [-0.05, 0) is 61.3 Å². The molecule has 1 heterocycles. The number of ether oxygens (including phenoxy) is 2. The minimum absolute atomic E-state index is 0.163. The second-order valence-corrected chi connectivity index (χ2v) is 6.80. The minimum atomic E-state index is 0.163. The molecule has 4 heteroatoms. The predicted octanol–water partition coefficient (Wildman–Crippen LogP) is 4.52. The predicted molar refractivity (Wildman–Crippen MR) is 107 cm³/mol. The van der Waals surface area contributed by atoms with Crippen LogP contribution in [0.15, 0.2) is 42.5 Å². The van der Waals surface area contributed by atoms with Gasteiger partial charge in [-0.25, -0.2) is 0 Å². The smallest absolute Gasteiger partial charge is 0.142 e. The lowest BCUT2D eigenvalue weighted by molar-refractivity contribution is 0.285. The molecule has 2 aromatic rings. The van der Waals surface area contributed by atoms with Gasteiger partial charge in [0.25, 0.3) is 0 Å². The maximum Gasteiger partial charge on any atom is 0.142 e. The Morgan fingerprint density at radius 3 is 2.62 bits per heavy atom. The second kappa shape index (κ2) is 8.95. The Morgan fingerprint density at radius 2 is 1.92 bits per heavy atom. The van der Waals surface area contributed by atoms with Gasteiger partial charge in [0, 0.05) is 6.54 Å². The third kappa shape index (κ3) is 4.50. The molecule has 0 fully saturated rings. The van der Waals surface area contributed by atoms with E-state index in [-0.39, 0.29) is 6.04 Å². The summed E-state index contributed by atoms with van der Waals surface area (Å²) in [5.41, 5.74) is 3.65. The Kier molecular flexibility index (Phi) is 6.40. The summed E-state index contributed by atoms with van der Waals surface area (Å²) in [4.78, 5) is 2.50. The number of rotatable bonds is 8. The first-order chi connectivity index (χ1) is 12.7. The molecule has 0 spiro atoms. The summed E-state index contributed by atoms with van der Waals surface area (Å²) in [7, 11) is 1.69. The first-order valence-corrected chi connectivity index (χ1v) is 9.62. The number of nitrogens with zero attached hydrogens (tertiary/aromatic N) is 1. The zero-order valence-corrected chi connectivity index (χ0v) is 16.1. The van der Waals surface area contributed by atoms with E-state index in [0.29, 0.717) is 6.61 Å². The first-order valence-electron chi connectivity index (χ1n) is 9.62. The fraction of sp³-hybridized carbons (Fsp3) is 0.455. The lowest BCUT2D eigenvalue weighted by Gasteiger charge is -2.28. The largest absolute Gasteiger partial charge is 0.497 e. The van der Waals surface area contributed by atoms with E-state index in [1.807, 2.05) is 12.1 Å². The van der Waals surface area contributed by atoms with E-state index in [1.54, 1.807) is 7.11 Å². The van der Waals surface area contributed by atoms with E-state index < -0.39 is 0 Å². The highest BCUT2D eigenvalue weighted by atomic mass is 16.5. The van der Waals surface area contributed by atoms with Crippen molar-refractivity contribution >= 4 is 5.69 Å². The molecule has 0 amide bonds. The molecule has 1 N–H and O–H groups in total. The summed E-state index contributed by atoms with van der Waals surface area (Å²) >= 11 is 0. The zero-order chi connectivity index (χ0) is 18.4. The van der Waals surface area contributed by atoms with Crippen LogP contribution in [0.5, 0.6) is 11.5 Å². The molecule has 0 saturated heterocycles. The van der Waals surface area contributed by atoms with Gasteiger partial charge in [-0.2, -0.15) is 0 Å². The molecular formula is C22H30N2O2. The molecule has 0 bridgehead atoms. The Hall–Kier alpha value is -2.20. The number of nitrogens with one attached hydrogen (secondary N) is 1. The van der Waals surface area contributed by atoms with Crippen molar-refractivity contribution in [3.05, 3.63) is 53.6 Å². The summed E-state index contributed by atoms with van der Waals surface area (Å²) in [5.74, 6) is 1.82. The van der Waals surface area contributed by atoms with Gasteiger partial charge < -0.3 is 19.7 Å². The van der Waals surface area contributed by atoms with Gasteiger partial charge in [-0.1, -0.05) is 32.0 Å². The van der Waals surface area contributed by atoms with Crippen molar-refractivity contribution in [3.8, 4) is 11.5 Å². The van der Waals surface area contributed by atoms with Crippen molar-refractivity contribution in [2.75, 3.05) is 38.7 Å². The van der Waals surface area contributed by atoms with Crippen LogP contribution in [0, 0.1) is 0 Å². The lowest BCUT2D eigenvalue weighted by atomic mass is 10.0. The maximum absolute atomic E-state index is 5.98. The van der Waals surface area contributed by atoms with Crippen LogP contribution in [0.25, 0.3) is 0 Å². The van der Waals surface area contributed by atoms with Crippen molar-refractivity contribution in [2.24, 2.45) is 0 Å². The van der Waals surface area contributed by atoms with Gasteiger partial charge in [0.05, 0.1) is 18.8 Å². The Balaban J connectivity index is 1.67. The van der Waals surface area contributed by atoms with Crippen molar-refractivity contribution in [1.82, 2.24) is 4.90 Å². The van der Waals surface area contributed by atoms with Crippen molar-refractivity contribution in [1.29, 1.82) is 0 Å². The van der Waals surface area contributed by atoms with Crippen LogP contribution in [0.1, 0.15) is 37.4 Å². The highest BCUT2D eigenvalue weighted by Gasteiger charge is 2.20. The van der Waals surface area contributed by atoms with Crippen LogP contribution < -0.4 is 14.8 Å². The van der Waals surface area contributed by atoms with Gasteiger partial charge in [-0.15, -0.1) is 0 Å². The van der Waals surface area contributed by atoms with Gasteiger partial charge in [-0.3, -0.25) is 0 Å². The normalized spacial score (nSPS) is 15.9. The van der Waals surface area contributed by atoms with Crippen LogP contribution in [0.4, 0.5) is 5.69 Å². The van der Waals surface area contributed by atoms with E-state index in [2.05, 4.69) is 54.4 Å². The van der Waals surface area contributed by atoms with Crippen molar-refractivity contribution in [3.63, 3.8) is 0 Å². The number of likely N-dealkylation sites (N-methyl/N-ethyl adjacent to an activating group) is 1. The first kappa shape index (κ1) is 18.6. The average Bonchev–Trinajstić information content (AvgIpc) is 2.70. The average molecular weight is 354 g/mol. The van der Waals surface area contributed by atoms with Gasteiger partial charge in [0.1, 0.15) is 18.1 Å². The molecule has 1 aliphatic rings. The molecule has 140 valence electrons. The fourth-order valence-corrected chi connectivity index (χ4v) is 3.42. The molecule has 1 aliphatic heterocycles. The number of anilines is 1. The molecule has 2 aromatic carbocycles. The summed E-state index contributed by atoms with van der Waals surface area (Å²) in [5, 5.41) is 3.64. The Labute approximate surface area is 157 Å². The molecule has 26 heavy (non-hydrogen) atoms.